The van der Waals surface area contributed by atoms with Gasteiger partial charge in [0.2, 0.25) is 0 Å². The maximum absolute atomic E-state index is 13.9. The van der Waals surface area contributed by atoms with E-state index in [2.05, 4.69) is 20.4 Å². The van der Waals surface area contributed by atoms with Crippen molar-refractivity contribution in [3.63, 3.8) is 0 Å². The third kappa shape index (κ3) is 5.09. The second-order valence-electron chi connectivity index (χ2n) is 6.39. The van der Waals surface area contributed by atoms with Crippen LogP contribution in [-0.4, -0.2) is 48.3 Å². The highest BCUT2D eigenvalue weighted by molar-refractivity contribution is 5.99. The van der Waals surface area contributed by atoms with Crippen LogP contribution >= 0.6 is 0 Å². The molecule has 1 atom stereocenters. The quantitative estimate of drug-likeness (QED) is 0.838. The second kappa shape index (κ2) is 8.55. The number of amides is 3. The minimum atomic E-state index is -0.548. The average molecular weight is 388 g/mol. The van der Waals surface area contributed by atoms with Crippen molar-refractivity contribution in [2.45, 2.75) is 19.4 Å². The van der Waals surface area contributed by atoms with Crippen LogP contribution in [0.2, 0.25) is 0 Å². The second-order valence-corrected chi connectivity index (χ2v) is 6.39. The normalized spacial score (nSPS) is 15.8. The Bertz CT molecular complexity index is 860. The van der Waals surface area contributed by atoms with E-state index in [1.54, 1.807) is 12.1 Å². The molecule has 28 heavy (non-hydrogen) atoms. The molecule has 9 heteroatoms. The summed E-state index contributed by atoms with van der Waals surface area (Å²) >= 11 is 0. The third-order valence-corrected chi connectivity index (χ3v) is 4.18. The lowest BCUT2D eigenvalue weighted by Crippen LogP contribution is -2.30. The number of nitrogens with zero attached hydrogens (tertiary/aromatic N) is 2. The molecule has 2 aromatic rings. The molecule has 0 bridgehead atoms. The van der Waals surface area contributed by atoms with Crippen molar-refractivity contribution in [3.8, 4) is 5.75 Å². The number of aryl methyl sites for hydroxylation is 1. The molecule has 3 rings (SSSR count). The lowest BCUT2D eigenvalue weighted by atomic mass is 10.2. The van der Waals surface area contributed by atoms with Crippen molar-refractivity contribution in [1.82, 2.24) is 9.88 Å². The monoisotopic (exact) mass is 388 g/mol. The molecule has 2 N–H and O–H groups in total. The highest BCUT2D eigenvalue weighted by atomic mass is 19.1. The summed E-state index contributed by atoms with van der Waals surface area (Å²) in [7, 11) is 1.32. The fourth-order valence-electron chi connectivity index (χ4n) is 2.85. The van der Waals surface area contributed by atoms with Gasteiger partial charge in [-0.1, -0.05) is 0 Å². The van der Waals surface area contributed by atoms with Crippen molar-refractivity contribution in [1.29, 1.82) is 0 Å². The first kappa shape index (κ1) is 19.4. The zero-order valence-corrected chi connectivity index (χ0v) is 15.6. The summed E-state index contributed by atoms with van der Waals surface area (Å²) < 4.78 is 24.4. The number of carbonyl (C=O) groups excluding carboxylic acids is 2. The van der Waals surface area contributed by atoms with Crippen molar-refractivity contribution in [2.75, 3.05) is 30.8 Å². The summed E-state index contributed by atoms with van der Waals surface area (Å²) in [5, 5.41) is 5.19. The van der Waals surface area contributed by atoms with Gasteiger partial charge in [-0.15, -0.1) is 0 Å². The molecule has 0 saturated carbocycles. The highest BCUT2D eigenvalue weighted by Gasteiger charge is 2.28. The van der Waals surface area contributed by atoms with Gasteiger partial charge in [-0.05, 0) is 25.1 Å². The maximum Gasteiger partial charge on any atom is 0.409 e. The summed E-state index contributed by atoms with van der Waals surface area (Å²) in [6.45, 7) is 2.70. The van der Waals surface area contributed by atoms with Gasteiger partial charge in [0.1, 0.15) is 17.7 Å². The first-order valence-electron chi connectivity index (χ1n) is 8.74. The van der Waals surface area contributed by atoms with Gasteiger partial charge in [0.15, 0.2) is 0 Å². The van der Waals surface area contributed by atoms with Crippen LogP contribution in [0.1, 0.15) is 12.1 Å². The molecule has 1 aliphatic rings. The van der Waals surface area contributed by atoms with Gasteiger partial charge in [0.25, 0.3) is 0 Å². The molecule has 1 aliphatic heterocycles. The fourth-order valence-corrected chi connectivity index (χ4v) is 2.85. The van der Waals surface area contributed by atoms with E-state index in [1.807, 2.05) is 6.92 Å². The summed E-state index contributed by atoms with van der Waals surface area (Å²) in [6.07, 6.45) is 1.44. The van der Waals surface area contributed by atoms with Gasteiger partial charge < -0.3 is 25.0 Å². The number of rotatable bonds is 4. The number of anilines is 2. The Morgan fingerprint density at radius 1 is 1.21 bits per heavy atom. The van der Waals surface area contributed by atoms with Crippen LogP contribution in [0.4, 0.5) is 25.4 Å². The minimum absolute atomic E-state index is 0.246. The number of benzene rings is 1. The van der Waals surface area contributed by atoms with Crippen LogP contribution < -0.4 is 15.4 Å². The van der Waals surface area contributed by atoms with Gasteiger partial charge in [-0.25, -0.2) is 14.0 Å². The van der Waals surface area contributed by atoms with E-state index in [4.69, 9.17) is 4.74 Å². The Kier molecular flexibility index (Phi) is 5.93. The molecule has 0 aliphatic carbocycles. The molecule has 148 valence electrons. The van der Waals surface area contributed by atoms with Gasteiger partial charge in [0, 0.05) is 36.5 Å². The molecule has 0 unspecified atom stereocenters. The Balaban J connectivity index is 1.60. The molecule has 8 nitrogen and oxygen atoms in total. The molecule has 3 amide bonds. The van der Waals surface area contributed by atoms with E-state index in [0.717, 1.165) is 5.69 Å². The van der Waals surface area contributed by atoms with Gasteiger partial charge >= 0.3 is 12.1 Å². The molecule has 0 radical (unpaired) electrons. The van der Waals surface area contributed by atoms with Crippen molar-refractivity contribution in [3.05, 3.63) is 48.0 Å². The predicted molar refractivity (Wildman–Crippen MR) is 101 cm³/mol. The van der Waals surface area contributed by atoms with E-state index in [1.165, 1.54) is 36.4 Å². The highest BCUT2D eigenvalue weighted by Crippen LogP contribution is 2.24. The summed E-state index contributed by atoms with van der Waals surface area (Å²) in [6, 6.07) is 6.90. The molecule has 1 fully saturated rings. The maximum atomic E-state index is 13.9. The topological polar surface area (TPSA) is 92.8 Å². The molecule has 0 spiro atoms. The number of methoxy groups -OCH3 is 1. The van der Waals surface area contributed by atoms with Crippen LogP contribution in [0.15, 0.2) is 36.5 Å². The lowest BCUT2D eigenvalue weighted by molar-refractivity contribution is 0.125. The van der Waals surface area contributed by atoms with Gasteiger partial charge in [0.05, 0.1) is 25.5 Å². The number of aromatic nitrogens is 1. The number of nitrogens with one attached hydrogen (secondary N) is 2. The largest absolute Gasteiger partial charge is 0.488 e. The number of ether oxygens (including phenoxy) is 2. The minimum Gasteiger partial charge on any atom is -0.488 e. The molecule has 1 saturated heterocycles. The SMILES string of the molecule is COC(=O)N1CC[C@@H](Oc2cc(F)cc(NC(=O)Nc3ccc(C)nc3)c2)C1. The fraction of sp³-hybridized carbons (Fsp3) is 0.316. The van der Waals surface area contributed by atoms with E-state index in [-0.39, 0.29) is 17.5 Å². The smallest absolute Gasteiger partial charge is 0.409 e. The molecule has 1 aromatic heterocycles. The van der Waals surface area contributed by atoms with Crippen LogP contribution in [0, 0.1) is 12.7 Å². The van der Waals surface area contributed by atoms with Gasteiger partial charge in [-0.2, -0.15) is 0 Å². The standard InChI is InChI=1S/C19H21FN4O4/c1-12-3-4-14(10-21-12)22-18(25)23-15-7-13(20)8-17(9-15)28-16-5-6-24(11-16)19(26)27-2/h3-4,7-10,16H,5-6,11H2,1-2H3,(H2,22,23,25)/t16-/m1/s1. The van der Waals surface area contributed by atoms with Crippen molar-refractivity contribution in [2.24, 2.45) is 0 Å². The number of hydrogen-bond donors (Lipinski definition) is 2. The van der Waals surface area contributed by atoms with Crippen LogP contribution in [0.25, 0.3) is 0 Å². The van der Waals surface area contributed by atoms with Crippen LogP contribution in [-0.2, 0) is 4.74 Å². The molecule has 1 aromatic carbocycles. The number of pyridine rings is 1. The van der Waals surface area contributed by atoms with E-state index in [0.29, 0.717) is 25.2 Å². The van der Waals surface area contributed by atoms with E-state index >= 15 is 0 Å². The Morgan fingerprint density at radius 3 is 2.71 bits per heavy atom. The molecule has 2 heterocycles. The molecular weight excluding hydrogens is 367 g/mol. The van der Waals surface area contributed by atoms with Crippen molar-refractivity contribution >= 4 is 23.5 Å². The number of carbonyl (C=O) groups is 2. The average Bonchev–Trinajstić information content (AvgIpc) is 3.11. The predicted octanol–water partition coefficient (Wildman–Crippen LogP) is 3.39. The Hall–Kier alpha value is -3.36. The number of urea groups is 1. The molecular formula is C19H21FN4O4. The third-order valence-electron chi connectivity index (χ3n) is 4.18. The summed E-state index contributed by atoms with van der Waals surface area (Å²) in [5.41, 5.74) is 1.59. The van der Waals surface area contributed by atoms with E-state index in [9.17, 15) is 14.0 Å². The summed E-state index contributed by atoms with van der Waals surface area (Å²) in [4.78, 5) is 29.3. The van der Waals surface area contributed by atoms with E-state index < -0.39 is 17.9 Å². The number of hydrogen-bond acceptors (Lipinski definition) is 5. The Morgan fingerprint density at radius 2 is 2.00 bits per heavy atom. The first-order chi connectivity index (χ1) is 13.4. The summed E-state index contributed by atoms with van der Waals surface area (Å²) in [5.74, 6) is -0.281. The number of halogens is 1. The van der Waals surface area contributed by atoms with Crippen molar-refractivity contribution < 1.29 is 23.5 Å². The number of likely N-dealkylation sites (tertiary alicyclic amines) is 1. The van der Waals surface area contributed by atoms with Crippen LogP contribution in [0.3, 0.4) is 0 Å². The zero-order chi connectivity index (χ0) is 20.1. The lowest BCUT2D eigenvalue weighted by Gasteiger charge is -2.16. The first-order valence-corrected chi connectivity index (χ1v) is 8.74. The van der Waals surface area contributed by atoms with Crippen LogP contribution in [0.5, 0.6) is 5.75 Å². The zero-order valence-electron chi connectivity index (χ0n) is 15.6. The Labute approximate surface area is 161 Å². The van der Waals surface area contributed by atoms with Gasteiger partial charge in [-0.3, -0.25) is 4.98 Å².